The Hall–Kier alpha value is -1.39. The molecule has 0 unspecified atom stereocenters. The number of hydrogen-bond donors (Lipinski definition) is 1. The maximum Gasteiger partial charge on any atom is 0.151 e. The molecule has 2 heterocycles. The van der Waals surface area contributed by atoms with Gasteiger partial charge in [-0.1, -0.05) is 23.2 Å². The zero-order valence-corrected chi connectivity index (χ0v) is 9.00. The fourth-order valence-electron chi connectivity index (χ4n) is 0.983. The molecule has 76 valence electrons. The monoisotopic (exact) mass is 240 g/mol. The first-order chi connectivity index (χ1) is 7.24. The van der Waals surface area contributed by atoms with Gasteiger partial charge in [-0.2, -0.15) is 0 Å². The van der Waals surface area contributed by atoms with Gasteiger partial charge in [-0.05, 0) is 12.1 Å². The van der Waals surface area contributed by atoms with Crippen molar-refractivity contribution in [3.05, 3.63) is 40.9 Å². The van der Waals surface area contributed by atoms with Crippen molar-refractivity contribution in [1.29, 1.82) is 0 Å². The molecule has 0 atom stereocenters. The van der Waals surface area contributed by atoms with Crippen molar-refractivity contribution in [2.75, 3.05) is 5.32 Å². The van der Waals surface area contributed by atoms with Gasteiger partial charge in [0.05, 0.1) is 17.4 Å². The van der Waals surface area contributed by atoms with E-state index in [2.05, 4.69) is 20.3 Å². The van der Waals surface area contributed by atoms with E-state index in [0.717, 1.165) is 0 Å². The van der Waals surface area contributed by atoms with E-state index in [9.17, 15) is 0 Å². The quantitative estimate of drug-likeness (QED) is 0.878. The smallest absolute Gasteiger partial charge is 0.151 e. The van der Waals surface area contributed by atoms with Crippen LogP contribution in [0.2, 0.25) is 10.2 Å². The molecule has 0 aliphatic heterocycles. The third-order valence-electron chi connectivity index (χ3n) is 1.59. The molecular formula is C9H6Cl2N4. The lowest BCUT2D eigenvalue weighted by molar-refractivity contribution is 1.18. The second-order valence-corrected chi connectivity index (χ2v) is 3.54. The highest BCUT2D eigenvalue weighted by molar-refractivity contribution is 6.30. The Morgan fingerprint density at radius 2 is 1.87 bits per heavy atom. The second-order valence-electron chi connectivity index (χ2n) is 2.71. The topological polar surface area (TPSA) is 50.7 Å². The lowest BCUT2D eigenvalue weighted by Crippen LogP contribution is -1.96. The number of nitrogens with zero attached hydrogens (tertiary/aromatic N) is 3. The normalized spacial score (nSPS) is 10.0. The molecule has 0 bridgehead atoms. The molecular weight excluding hydrogens is 235 g/mol. The SMILES string of the molecule is Clc1ccc(Nc2cncc(Cl)n2)nc1. The number of nitrogens with one attached hydrogen (secondary N) is 1. The minimum absolute atomic E-state index is 0.328. The fraction of sp³-hybridized carbons (Fsp3) is 0. The predicted molar refractivity (Wildman–Crippen MR) is 59.6 cm³/mol. The number of pyridine rings is 1. The van der Waals surface area contributed by atoms with Crippen LogP contribution in [0.3, 0.4) is 0 Å². The Morgan fingerprint density at radius 3 is 2.53 bits per heavy atom. The minimum Gasteiger partial charge on any atom is -0.324 e. The van der Waals surface area contributed by atoms with E-state index >= 15 is 0 Å². The molecule has 0 fully saturated rings. The molecule has 0 radical (unpaired) electrons. The Bertz CT molecular complexity index is 458. The van der Waals surface area contributed by atoms with Crippen molar-refractivity contribution in [2.24, 2.45) is 0 Å². The number of halogens is 2. The van der Waals surface area contributed by atoms with E-state index in [4.69, 9.17) is 23.2 Å². The summed E-state index contributed by atoms with van der Waals surface area (Å²) in [6.07, 6.45) is 4.56. The molecule has 0 saturated carbocycles. The third-order valence-corrected chi connectivity index (χ3v) is 1.99. The Labute approximate surface area is 96.3 Å². The van der Waals surface area contributed by atoms with Gasteiger partial charge in [-0.3, -0.25) is 4.98 Å². The summed E-state index contributed by atoms with van der Waals surface area (Å²) in [6, 6.07) is 3.47. The first kappa shape index (κ1) is 10.1. The van der Waals surface area contributed by atoms with Crippen LogP contribution in [0.4, 0.5) is 11.6 Å². The summed E-state index contributed by atoms with van der Waals surface area (Å²) >= 11 is 11.4. The minimum atomic E-state index is 0.328. The van der Waals surface area contributed by atoms with Crippen molar-refractivity contribution in [3.8, 4) is 0 Å². The van der Waals surface area contributed by atoms with Crippen LogP contribution in [-0.2, 0) is 0 Å². The van der Waals surface area contributed by atoms with Crippen LogP contribution in [-0.4, -0.2) is 15.0 Å². The zero-order valence-electron chi connectivity index (χ0n) is 7.48. The average Bonchev–Trinajstić information content (AvgIpc) is 2.22. The fourth-order valence-corrected chi connectivity index (χ4v) is 1.24. The van der Waals surface area contributed by atoms with Crippen LogP contribution in [0.15, 0.2) is 30.7 Å². The number of aromatic nitrogens is 3. The molecule has 4 nitrogen and oxygen atoms in total. The molecule has 2 rings (SSSR count). The van der Waals surface area contributed by atoms with Crippen LogP contribution in [0.25, 0.3) is 0 Å². The molecule has 0 saturated heterocycles. The number of hydrogen-bond acceptors (Lipinski definition) is 4. The van der Waals surface area contributed by atoms with E-state index in [1.165, 1.54) is 6.20 Å². The Kier molecular flexibility index (Phi) is 2.99. The largest absolute Gasteiger partial charge is 0.324 e. The molecule has 0 aromatic carbocycles. The molecule has 2 aromatic heterocycles. The highest BCUT2D eigenvalue weighted by atomic mass is 35.5. The van der Waals surface area contributed by atoms with Gasteiger partial charge in [0.2, 0.25) is 0 Å². The first-order valence-electron chi connectivity index (χ1n) is 4.10. The van der Waals surface area contributed by atoms with Crippen molar-refractivity contribution in [3.63, 3.8) is 0 Å². The maximum absolute atomic E-state index is 5.70. The molecule has 2 aromatic rings. The summed E-state index contributed by atoms with van der Waals surface area (Å²) in [7, 11) is 0. The lowest BCUT2D eigenvalue weighted by atomic mass is 10.4. The van der Waals surface area contributed by atoms with Gasteiger partial charge in [-0.25, -0.2) is 9.97 Å². The summed E-state index contributed by atoms with van der Waals surface area (Å²) in [5.41, 5.74) is 0. The van der Waals surface area contributed by atoms with E-state index in [1.807, 2.05) is 0 Å². The first-order valence-corrected chi connectivity index (χ1v) is 4.86. The van der Waals surface area contributed by atoms with Gasteiger partial charge in [0.25, 0.3) is 0 Å². The van der Waals surface area contributed by atoms with Crippen molar-refractivity contribution in [1.82, 2.24) is 15.0 Å². The van der Waals surface area contributed by atoms with Crippen LogP contribution in [0.1, 0.15) is 0 Å². The van der Waals surface area contributed by atoms with Crippen LogP contribution < -0.4 is 5.32 Å². The molecule has 6 heteroatoms. The van der Waals surface area contributed by atoms with E-state index < -0.39 is 0 Å². The van der Waals surface area contributed by atoms with E-state index in [0.29, 0.717) is 21.8 Å². The molecule has 15 heavy (non-hydrogen) atoms. The maximum atomic E-state index is 5.70. The van der Waals surface area contributed by atoms with E-state index in [1.54, 1.807) is 24.5 Å². The van der Waals surface area contributed by atoms with Gasteiger partial charge in [-0.15, -0.1) is 0 Å². The van der Waals surface area contributed by atoms with E-state index in [-0.39, 0.29) is 0 Å². The summed E-state index contributed by atoms with van der Waals surface area (Å²) < 4.78 is 0. The molecule has 0 amide bonds. The summed E-state index contributed by atoms with van der Waals surface area (Å²) in [6.45, 7) is 0. The predicted octanol–water partition coefficient (Wildman–Crippen LogP) is 2.92. The van der Waals surface area contributed by atoms with Gasteiger partial charge in [0.1, 0.15) is 11.0 Å². The molecule has 0 spiro atoms. The highest BCUT2D eigenvalue weighted by Crippen LogP contribution is 2.14. The molecule has 1 N–H and O–H groups in total. The van der Waals surface area contributed by atoms with Gasteiger partial charge in [0.15, 0.2) is 5.82 Å². The lowest BCUT2D eigenvalue weighted by Gasteiger charge is -2.03. The molecule has 0 aliphatic carbocycles. The standard InChI is InChI=1S/C9H6Cl2N4/c10-6-1-2-8(13-3-6)15-9-5-12-4-7(11)14-9/h1-5H,(H,13,14,15). The van der Waals surface area contributed by atoms with Crippen LogP contribution in [0.5, 0.6) is 0 Å². The summed E-state index contributed by atoms with van der Waals surface area (Å²) in [5.74, 6) is 1.17. The van der Waals surface area contributed by atoms with Crippen molar-refractivity contribution >= 4 is 34.8 Å². The van der Waals surface area contributed by atoms with Crippen LogP contribution >= 0.6 is 23.2 Å². The number of anilines is 2. The van der Waals surface area contributed by atoms with Crippen molar-refractivity contribution < 1.29 is 0 Å². The highest BCUT2D eigenvalue weighted by Gasteiger charge is 1.98. The number of rotatable bonds is 2. The second kappa shape index (κ2) is 4.42. The third kappa shape index (κ3) is 2.78. The summed E-state index contributed by atoms with van der Waals surface area (Å²) in [4.78, 5) is 11.9. The Morgan fingerprint density at radius 1 is 1.00 bits per heavy atom. The Balaban J connectivity index is 2.18. The zero-order chi connectivity index (χ0) is 10.7. The van der Waals surface area contributed by atoms with Crippen LogP contribution in [0, 0.1) is 0 Å². The summed E-state index contributed by atoms with van der Waals surface area (Å²) in [5, 5.41) is 3.85. The van der Waals surface area contributed by atoms with Gasteiger partial charge < -0.3 is 5.32 Å². The molecule has 0 aliphatic rings. The average molecular weight is 241 g/mol. The van der Waals surface area contributed by atoms with Gasteiger partial charge >= 0.3 is 0 Å². The van der Waals surface area contributed by atoms with Gasteiger partial charge in [0, 0.05) is 6.20 Å². The van der Waals surface area contributed by atoms with Crippen molar-refractivity contribution in [2.45, 2.75) is 0 Å².